The molecule has 1 saturated heterocycles. The molecule has 1 aromatic heterocycles. The lowest BCUT2D eigenvalue weighted by molar-refractivity contribution is -0.160. The number of likely N-dealkylation sites (N-methyl/N-ethyl adjacent to an activating group) is 1. The highest BCUT2D eigenvalue weighted by Crippen LogP contribution is 2.32. The van der Waals surface area contributed by atoms with Crippen LogP contribution in [0, 0.1) is 23.7 Å². The van der Waals surface area contributed by atoms with Gasteiger partial charge in [0, 0.05) is 48.1 Å². The number of hydrogen-bond donors (Lipinski definition) is 1. The number of rotatable bonds is 22. The highest BCUT2D eigenvalue weighted by Gasteiger charge is 2.38. The van der Waals surface area contributed by atoms with E-state index in [0.717, 1.165) is 49.1 Å². The number of ether oxygens (including phenoxy) is 1. The second-order valence-corrected chi connectivity index (χ2v) is 16.5. The van der Waals surface area contributed by atoms with Gasteiger partial charge in [-0.2, -0.15) is 0 Å². The van der Waals surface area contributed by atoms with Crippen molar-refractivity contribution in [2.45, 2.75) is 137 Å². The molecule has 53 heavy (non-hydrogen) atoms. The molecule has 0 saturated carbocycles. The molecule has 1 aromatic carbocycles. The predicted octanol–water partition coefficient (Wildman–Crippen LogP) is 7.46. The Kier molecular flexibility index (Phi) is 18.3. The first-order chi connectivity index (χ1) is 25.3. The van der Waals surface area contributed by atoms with Gasteiger partial charge in [0.2, 0.25) is 5.91 Å². The fourth-order valence-corrected chi connectivity index (χ4v) is 8.17. The summed E-state index contributed by atoms with van der Waals surface area (Å²) in [6.45, 7) is 14.7. The molecule has 1 fully saturated rings. The number of benzene rings is 1. The van der Waals surface area contributed by atoms with Gasteiger partial charge in [0.1, 0.15) is 12.0 Å². The fourth-order valence-electron chi connectivity index (χ4n) is 7.30. The molecule has 1 unspecified atom stereocenters. The van der Waals surface area contributed by atoms with Crippen molar-refractivity contribution < 1.29 is 28.7 Å². The third-order valence-corrected chi connectivity index (χ3v) is 11.9. The van der Waals surface area contributed by atoms with E-state index in [4.69, 9.17) is 9.72 Å². The quantitative estimate of drug-likeness (QED) is 0.0747. The van der Waals surface area contributed by atoms with Crippen LogP contribution < -0.4 is 5.32 Å². The summed E-state index contributed by atoms with van der Waals surface area (Å²) in [5, 5.41) is 5.64. The molecule has 0 aliphatic carbocycles. The summed E-state index contributed by atoms with van der Waals surface area (Å²) in [5.41, 5.74) is 1.39. The molecule has 2 aromatic rings. The number of likely N-dealkylation sites (tertiary alicyclic amines) is 1. The molecule has 11 heteroatoms. The van der Waals surface area contributed by atoms with Crippen LogP contribution in [0.1, 0.15) is 133 Å². The van der Waals surface area contributed by atoms with E-state index in [2.05, 4.69) is 24.1 Å². The van der Waals surface area contributed by atoms with Crippen LogP contribution >= 0.6 is 11.3 Å². The Labute approximate surface area is 321 Å². The summed E-state index contributed by atoms with van der Waals surface area (Å²) in [5.74, 6) is -1.60. The number of thiazole rings is 1. The summed E-state index contributed by atoms with van der Waals surface area (Å²) in [7, 11) is 1.99. The van der Waals surface area contributed by atoms with Gasteiger partial charge < -0.3 is 19.7 Å². The van der Waals surface area contributed by atoms with Crippen molar-refractivity contribution in [3.05, 3.63) is 52.0 Å². The van der Waals surface area contributed by atoms with Gasteiger partial charge in [0.15, 0.2) is 12.5 Å². The van der Waals surface area contributed by atoms with Crippen LogP contribution in [0.4, 0.5) is 0 Å². The van der Waals surface area contributed by atoms with Crippen molar-refractivity contribution in [1.29, 1.82) is 0 Å². The average Bonchev–Trinajstić information content (AvgIpc) is 3.64. The number of hydrogen-bond acceptors (Lipinski definition) is 9. The second kappa shape index (κ2) is 22.1. The molecular formula is C42H64N4O6S. The minimum Gasteiger partial charge on any atom is -0.444 e. The van der Waals surface area contributed by atoms with Gasteiger partial charge in [0.25, 0.3) is 5.91 Å². The first-order valence-corrected chi connectivity index (χ1v) is 20.6. The maximum absolute atomic E-state index is 14.7. The Hall–Kier alpha value is -3.44. The van der Waals surface area contributed by atoms with E-state index in [1.54, 1.807) is 10.3 Å². The minimum atomic E-state index is -0.537. The molecule has 2 amide bonds. The highest BCUT2D eigenvalue weighted by molar-refractivity contribution is 7.09. The lowest BCUT2D eigenvalue weighted by atomic mass is 9.82. The van der Waals surface area contributed by atoms with Gasteiger partial charge in [-0.15, -0.1) is 11.3 Å². The smallest absolute Gasteiger partial charge is 0.307 e. The zero-order chi connectivity index (χ0) is 39.1. The molecule has 1 aliphatic rings. The van der Waals surface area contributed by atoms with E-state index in [1.807, 2.05) is 72.0 Å². The van der Waals surface area contributed by atoms with Crippen LogP contribution in [-0.2, 0) is 30.3 Å². The van der Waals surface area contributed by atoms with E-state index in [-0.39, 0.29) is 84.9 Å². The number of ketones is 1. The summed E-state index contributed by atoms with van der Waals surface area (Å²) >= 11 is 1.41. The number of esters is 1. The third kappa shape index (κ3) is 13.4. The monoisotopic (exact) mass is 752 g/mol. The van der Waals surface area contributed by atoms with Crippen molar-refractivity contribution in [3.8, 4) is 0 Å². The van der Waals surface area contributed by atoms with Gasteiger partial charge >= 0.3 is 5.97 Å². The second-order valence-electron chi connectivity index (χ2n) is 15.6. The van der Waals surface area contributed by atoms with Crippen molar-refractivity contribution in [1.82, 2.24) is 20.1 Å². The number of nitrogens with one attached hydrogen (secondary N) is 1. The topological polar surface area (TPSA) is 126 Å². The van der Waals surface area contributed by atoms with Crippen LogP contribution in [0.5, 0.6) is 0 Å². The maximum atomic E-state index is 14.7. The summed E-state index contributed by atoms with van der Waals surface area (Å²) < 4.78 is 5.72. The number of aldehydes is 1. The van der Waals surface area contributed by atoms with E-state index in [9.17, 15) is 24.0 Å². The maximum Gasteiger partial charge on any atom is 0.307 e. The summed E-state index contributed by atoms with van der Waals surface area (Å²) in [6.07, 6.45) is 7.23. The van der Waals surface area contributed by atoms with Crippen LogP contribution in [0.15, 0.2) is 35.7 Å². The average molecular weight is 753 g/mol. The molecule has 0 bridgehead atoms. The van der Waals surface area contributed by atoms with Gasteiger partial charge in [-0.25, -0.2) is 4.98 Å². The lowest BCUT2D eigenvalue weighted by Crippen LogP contribution is -2.50. The SMILES string of the molecule is CCCC(=O)OCN(C(=O)[C@@H](CC(=O)[C@H]1CCCCN1C)C(C)CC)[C@H](C[C@@H](C)c1nc(C(=O)N[C@@H](Cc2ccccc2)C[C@H](C)C=O)cs1)C(C)C. The number of carbonyl (C=O) groups is 5. The number of Topliss-reactive ketones (excluding diaryl/α,β-unsaturated/α-hetero) is 1. The van der Waals surface area contributed by atoms with Crippen molar-refractivity contribution in [2.24, 2.45) is 23.7 Å². The zero-order valence-electron chi connectivity index (χ0n) is 33.3. The lowest BCUT2D eigenvalue weighted by Gasteiger charge is -2.39. The third-order valence-electron chi connectivity index (χ3n) is 10.8. The van der Waals surface area contributed by atoms with Gasteiger partial charge in [-0.3, -0.25) is 24.1 Å². The van der Waals surface area contributed by atoms with Gasteiger partial charge in [-0.1, -0.05) is 91.6 Å². The summed E-state index contributed by atoms with van der Waals surface area (Å²) in [6, 6.07) is 9.15. The molecule has 1 aliphatic heterocycles. The minimum absolute atomic E-state index is 0.00493. The predicted molar refractivity (Wildman–Crippen MR) is 211 cm³/mol. The Bertz CT molecular complexity index is 1460. The Morgan fingerprint density at radius 3 is 2.40 bits per heavy atom. The zero-order valence-corrected chi connectivity index (χ0v) is 34.2. The fraction of sp³-hybridized carbons (Fsp3) is 0.667. The number of nitrogens with zero attached hydrogens (tertiary/aromatic N) is 3. The van der Waals surface area contributed by atoms with Crippen molar-refractivity contribution in [2.75, 3.05) is 20.3 Å². The van der Waals surface area contributed by atoms with E-state index >= 15 is 0 Å². The van der Waals surface area contributed by atoms with Gasteiger partial charge in [-0.05, 0) is 69.5 Å². The first kappa shape index (κ1) is 44.0. The standard InChI is InChI=1S/C42H64N4O6S/c1-9-16-39(49)52-27-46(42(51)34(30(6)10-2)24-38(48)36-19-14-15-20-45(36)8)37(28(3)4)22-31(7)41-44-35(26-53-41)40(50)43-33(21-29(5)25-47)23-32-17-12-11-13-18-32/h11-13,17-18,25-26,28-31,33-34,36-37H,9-10,14-16,19-24,27H2,1-8H3,(H,43,50)/t29-,30?,31+,33+,34-,36+,37+/m0/s1. The van der Waals surface area contributed by atoms with Crippen LogP contribution in [0.3, 0.4) is 0 Å². The van der Waals surface area contributed by atoms with Crippen LogP contribution in [0.2, 0.25) is 0 Å². The first-order valence-electron chi connectivity index (χ1n) is 19.7. The molecule has 3 rings (SSSR count). The molecule has 0 radical (unpaired) electrons. The van der Waals surface area contributed by atoms with E-state index in [0.29, 0.717) is 31.4 Å². The van der Waals surface area contributed by atoms with Gasteiger partial charge in [0.05, 0.1) is 11.0 Å². The van der Waals surface area contributed by atoms with E-state index < -0.39 is 5.92 Å². The normalized spacial score (nSPS) is 18.3. The molecule has 0 spiro atoms. The highest BCUT2D eigenvalue weighted by atomic mass is 32.1. The van der Waals surface area contributed by atoms with Crippen molar-refractivity contribution >= 4 is 41.2 Å². The summed E-state index contributed by atoms with van der Waals surface area (Å²) in [4.78, 5) is 74.6. The molecule has 2 heterocycles. The number of aromatic nitrogens is 1. The Balaban J connectivity index is 1.84. The number of piperidine rings is 1. The molecule has 1 N–H and O–H groups in total. The molecule has 7 atom stereocenters. The number of carbonyl (C=O) groups excluding carboxylic acids is 5. The Morgan fingerprint density at radius 2 is 1.77 bits per heavy atom. The molecule has 294 valence electrons. The largest absolute Gasteiger partial charge is 0.444 e. The van der Waals surface area contributed by atoms with Crippen LogP contribution in [0.25, 0.3) is 0 Å². The number of amides is 2. The molecular weight excluding hydrogens is 689 g/mol. The Morgan fingerprint density at radius 1 is 1.06 bits per heavy atom. The van der Waals surface area contributed by atoms with Crippen LogP contribution in [-0.4, -0.2) is 83.1 Å². The van der Waals surface area contributed by atoms with E-state index in [1.165, 1.54) is 11.3 Å². The van der Waals surface area contributed by atoms with Crippen molar-refractivity contribution in [3.63, 3.8) is 0 Å². The molecule has 10 nitrogen and oxygen atoms in total.